The molecule has 148 valence electrons. The smallest absolute Gasteiger partial charge is 0.251 e. The van der Waals surface area contributed by atoms with Crippen LogP contribution in [0.25, 0.3) is 0 Å². The third kappa shape index (κ3) is 6.05. The second kappa shape index (κ2) is 10.4. The molecule has 0 aliphatic rings. The van der Waals surface area contributed by atoms with Crippen LogP contribution in [0.3, 0.4) is 0 Å². The number of nitrogens with one attached hydrogen (secondary N) is 1. The minimum atomic E-state index is -0.141. The van der Waals surface area contributed by atoms with Crippen molar-refractivity contribution < 1.29 is 14.4 Å². The van der Waals surface area contributed by atoms with Crippen molar-refractivity contribution in [2.75, 3.05) is 14.1 Å². The topological polar surface area (TPSA) is 66.5 Å². The quantitative estimate of drug-likeness (QED) is 0.676. The van der Waals surface area contributed by atoms with Gasteiger partial charge >= 0.3 is 0 Å². The number of aryl methyl sites for hydroxylation is 1. The molecule has 0 saturated heterocycles. The molecule has 0 radical (unpaired) electrons. The van der Waals surface area contributed by atoms with Gasteiger partial charge in [-0.1, -0.05) is 49.7 Å². The van der Waals surface area contributed by atoms with Crippen molar-refractivity contribution in [3.05, 3.63) is 70.8 Å². The first-order valence-electron chi connectivity index (χ1n) is 9.61. The lowest BCUT2D eigenvalue weighted by atomic mass is 10.0. The second-order valence-corrected chi connectivity index (χ2v) is 6.90. The molecule has 0 aromatic heterocycles. The van der Waals surface area contributed by atoms with Crippen LogP contribution in [0.15, 0.2) is 48.5 Å². The largest absolute Gasteiger partial charge is 0.355 e. The number of hydrogen-bond acceptors (Lipinski definition) is 3. The maximum Gasteiger partial charge on any atom is 0.251 e. The SMILES string of the molecule is CCCc1ccc(C(=O)CCC(=O)N(C)Cc2ccc(C(=O)NC)cc2)cc1. The molecule has 0 heterocycles. The fourth-order valence-electron chi connectivity index (χ4n) is 2.97. The summed E-state index contributed by atoms with van der Waals surface area (Å²) < 4.78 is 0. The molecule has 0 saturated carbocycles. The minimum Gasteiger partial charge on any atom is -0.355 e. The van der Waals surface area contributed by atoms with Crippen molar-refractivity contribution in [1.82, 2.24) is 10.2 Å². The van der Waals surface area contributed by atoms with Gasteiger partial charge in [-0.15, -0.1) is 0 Å². The highest BCUT2D eigenvalue weighted by molar-refractivity contribution is 5.98. The molecular formula is C23H28N2O3. The van der Waals surface area contributed by atoms with Gasteiger partial charge in [0.25, 0.3) is 5.91 Å². The first kappa shape index (κ1) is 21.4. The number of carbonyl (C=O) groups excluding carboxylic acids is 3. The van der Waals surface area contributed by atoms with Crippen LogP contribution in [0, 0.1) is 0 Å². The van der Waals surface area contributed by atoms with Crippen LogP contribution in [0.5, 0.6) is 0 Å². The second-order valence-electron chi connectivity index (χ2n) is 6.90. The summed E-state index contributed by atoms with van der Waals surface area (Å²) in [5.74, 6) is -0.233. The molecule has 28 heavy (non-hydrogen) atoms. The molecule has 2 aromatic rings. The van der Waals surface area contributed by atoms with Crippen molar-refractivity contribution >= 4 is 17.6 Å². The molecule has 0 spiro atoms. The Bertz CT molecular complexity index is 811. The third-order valence-corrected chi connectivity index (χ3v) is 4.67. The Labute approximate surface area is 166 Å². The maximum atomic E-state index is 12.4. The summed E-state index contributed by atoms with van der Waals surface area (Å²) in [6.07, 6.45) is 2.46. The van der Waals surface area contributed by atoms with Crippen LogP contribution >= 0.6 is 0 Å². The maximum absolute atomic E-state index is 12.4. The van der Waals surface area contributed by atoms with Crippen LogP contribution in [0.2, 0.25) is 0 Å². The van der Waals surface area contributed by atoms with E-state index in [0.717, 1.165) is 18.4 Å². The van der Waals surface area contributed by atoms with E-state index >= 15 is 0 Å². The van der Waals surface area contributed by atoms with E-state index in [-0.39, 0.29) is 30.4 Å². The molecule has 1 N–H and O–H groups in total. The molecule has 0 atom stereocenters. The predicted octanol–water partition coefficient (Wildman–Crippen LogP) is 3.62. The number of hydrogen-bond donors (Lipinski definition) is 1. The van der Waals surface area contributed by atoms with E-state index < -0.39 is 0 Å². The molecule has 5 heteroatoms. The lowest BCUT2D eigenvalue weighted by Gasteiger charge is -2.17. The van der Waals surface area contributed by atoms with Crippen molar-refractivity contribution in [1.29, 1.82) is 0 Å². The van der Waals surface area contributed by atoms with Gasteiger partial charge in [-0.3, -0.25) is 14.4 Å². The van der Waals surface area contributed by atoms with Gasteiger partial charge in [0.2, 0.25) is 5.91 Å². The van der Waals surface area contributed by atoms with E-state index in [9.17, 15) is 14.4 Å². The van der Waals surface area contributed by atoms with E-state index in [1.54, 1.807) is 31.1 Å². The third-order valence-electron chi connectivity index (χ3n) is 4.67. The summed E-state index contributed by atoms with van der Waals surface area (Å²) in [6, 6.07) is 14.8. The van der Waals surface area contributed by atoms with Gasteiger partial charge < -0.3 is 10.2 Å². The lowest BCUT2D eigenvalue weighted by molar-refractivity contribution is -0.130. The fourth-order valence-corrected chi connectivity index (χ4v) is 2.97. The first-order chi connectivity index (χ1) is 13.4. The molecule has 0 aliphatic heterocycles. The van der Waals surface area contributed by atoms with Gasteiger partial charge in [0.15, 0.2) is 5.78 Å². The zero-order chi connectivity index (χ0) is 20.5. The zero-order valence-electron chi connectivity index (χ0n) is 16.8. The van der Waals surface area contributed by atoms with Crippen molar-refractivity contribution in [3.8, 4) is 0 Å². The molecule has 0 unspecified atom stereocenters. The Kier molecular flexibility index (Phi) is 7.93. The molecular weight excluding hydrogens is 352 g/mol. The van der Waals surface area contributed by atoms with Crippen molar-refractivity contribution in [3.63, 3.8) is 0 Å². The first-order valence-corrected chi connectivity index (χ1v) is 9.61. The number of nitrogens with zero attached hydrogens (tertiary/aromatic N) is 1. The van der Waals surface area contributed by atoms with Crippen LogP contribution in [-0.4, -0.2) is 36.6 Å². The Balaban J connectivity index is 1.84. The van der Waals surface area contributed by atoms with Gasteiger partial charge in [0.1, 0.15) is 0 Å². The molecule has 2 amide bonds. The van der Waals surface area contributed by atoms with Crippen LogP contribution in [0.4, 0.5) is 0 Å². The van der Waals surface area contributed by atoms with Crippen molar-refractivity contribution in [2.45, 2.75) is 39.2 Å². The molecule has 0 bridgehead atoms. The van der Waals surface area contributed by atoms with Crippen LogP contribution in [-0.2, 0) is 17.8 Å². The summed E-state index contributed by atoms with van der Waals surface area (Å²) in [6.45, 7) is 2.56. The van der Waals surface area contributed by atoms with E-state index in [4.69, 9.17) is 0 Å². The van der Waals surface area contributed by atoms with Crippen LogP contribution in [0.1, 0.15) is 58.0 Å². The molecule has 5 nitrogen and oxygen atoms in total. The standard InChI is InChI=1S/C23H28N2O3/c1-4-5-17-6-10-19(11-7-17)21(26)14-15-22(27)25(3)16-18-8-12-20(13-9-18)23(28)24-2/h6-13H,4-5,14-16H2,1-3H3,(H,24,28). The van der Waals surface area contributed by atoms with Crippen LogP contribution < -0.4 is 5.32 Å². The average molecular weight is 380 g/mol. The Morgan fingerprint density at radius 2 is 1.43 bits per heavy atom. The van der Waals surface area contributed by atoms with Gasteiger partial charge in [-0.05, 0) is 29.7 Å². The van der Waals surface area contributed by atoms with E-state index in [1.165, 1.54) is 5.56 Å². The van der Waals surface area contributed by atoms with Gasteiger partial charge in [-0.25, -0.2) is 0 Å². The summed E-state index contributed by atoms with van der Waals surface area (Å²) in [5.41, 5.74) is 3.38. The zero-order valence-corrected chi connectivity index (χ0v) is 16.8. The number of amides is 2. The molecule has 0 fully saturated rings. The van der Waals surface area contributed by atoms with Gasteiger partial charge in [0.05, 0.1) is 0 Å². The Morgan fingerprint density at radius 1 is 0.857 bits per heavy atom. The Hall–Kier alpha value is -2.95. The molecule has 2 rings (SSSR count). The lowest BCUT2D eigenvalue weighted by Crippen LogP contribution is -2.26. The highest BCUT2D eigenvalue weighted by Gasteiger charge is 2.13. The monoisotopic (exact) mass is 380 g/mol. The molecule has 2 aromatic carbocycles. The number of ketones is 1. The highest BCUT2D eigenvalue weighted by atomic mass is 16.2. The fraction of sp³-hybridized carbons (Fsp3) is 0.348. The Morgan fingerprint density at radius 3 is 2.00 bits per heavy atom. The van der Waals surface area contributed by atoms with Crippen molar-refractivity contribution in [2.24, 2.45) is 0 Å². The predicted molar refractivity (Wildman–Crippen MR) is 110 cm³/mol. The molecule has 0 aliphatic carbocycles. The minimum absolute atomic E-state index is 0.0141. The summed E-state index contributed by atoms with van der Waals surface area (Å²) >= 11 is 0. The summed E-state index contributed by atoms with van der Waals surface area (Å²) in [4.78, 5) is 37.8. The number of benzene rings is 2. The van der Waals surface area contributed by atoms with Gasteiger partial charge in [0, 0.05) is 44.6 Å². The summed E-state index contributed by atoms with van der Waals surface area (Å²) in [5, 5.41) is 2.57. The van der Waals surface area contributed by atoms with E-state index in [2.05, 4.69) is 12.2 Å². The van der Waals surface area contributed by atoms with Gasteiger partial charge in [-0.2, -0.15) is 0 Å². The average Bonchev–Trinajstić information content (AvgIpc) is 2.72. The number of carbonyl (C=O) groups is 3. The number of rotatable bonds is 9. The van der Waals surface area contributed by atoms with E-state index in [1.807, 2.05) is 36.4 Å². The van der Waals surface area contributed by atoms with E-state index in [0.29, 0.717) is 17.7 Å². The normalized spacial score (nSPS) is 10.4. The summed E-state index contributed by atoms with van der Waals surface area (Å²) in [7, 11) is 3.31. The highest BCUT2D eigenvalue weighted by Crippen LogP contribution is 2.12. The number of Topliss-reactive ketones (excluding diaryl/α,β-unsaturated/α-hetero) is 1.